The maximum atomic E-state index is 15.2. The lowest BCUT2D eigenvalue weighted by Gasteiger charge is -2.30. The van der Waals surface area contributed by atoms with Crippen LogP contribution in [0.15, 0.2) is 48.7 Å². The van der Waals surface area contributed by atoms with Gasteiger partial charge in [0.1, 0.15) is 17.7 Å². The molecule has 2 fully saturated rings. The molecule has 4 atom stereocenters. The van der Waals surface area contributed by atoms with Crippen LogP contribution < -0.4 is 9.47 Å². The van der Waals surface area contributed by atoms with Gasteiger partial charge in [-0.05, 0) is 90.8 Å². The number of carboxylic acid groups (broad SMARTS) is 1. The van der Waals surface area contributed by atoms with Crippen molar-refractivity contribution < 1.29 is 28.5 Å². The number of carbonyl (C=O) groups is 1. The Hall–Kier alpha value is -3.49. The van der Waals surface area contributed by atoms with Gasteiger partial charge in [0.25, 0.3) is 0 Å². The molecule has 0 amide bonds. The van der Waals surface area contributed by atoms with E-state index in [1.807, 2.05) is 19.1 Å². The zero-order valence-electron chi connectivity index (χ0n) is 25.2. The summed E-state index contributed by atoms with van der Waals surface area (Å²) in [6.45, 7) is 4.12. The van der Waals surface area contributed by atoms with Crippen LogP contribution in [0.2, 0.25) is 0 Å². The van der Waals surface area contributed by atoms with E-state index < -0.39 is 11.9 Å². The first kappa shape index (κ1) is 29.6. The van der Waals surface area contributed by atoms with Gasteiger partial charge in [0, 0.05) is 31.3 Å². The maximum absolute atomic E-state index is 15.2. The van der Waals surface area contributed by atoms with Crippen LogP contribution >= 0.6 is 0 Å². The number of likely N-dealkylation sites (tertiary alicyclic amines) is 1. The molecule has 228 valence electrons. The SMILES string of the molecule is COC[C@@H]1CCCN1Cc1cc([C@@H]2CCc3ccc([C@H](C4CC4)[C@H](C)C(=O)O)cc3O2)ccc1-c1cc(OC)ncc1F. The second-order valence-corrected chi connectivity index (χ2v) is 12.3. The van der Waals surface area contributed by atoms with Crippen LogP contribution in [0.25, 0.3) is 11.1 Å². The number of halogens is 1. The average molecular weight is 589 g/mol. The Labute approximate surface area is 253 Å². The Kier molecular flexibility index (Phi) is 8.68. The summed E-state index contributed by atoms with van der Waals surface area (Å²) in [6, 6.07) is 14.5. The van der Waals surface area contributed by atoms with Crippen LogP contribution in [0.5, 0.6) is 11.6 Å². The van der Waals surface area contributed by atoms with Crippen LogP contribution in [-0.2, 0) is 22.5 Å². The molecule has 8 heteroatoms. The molecule has 1 saturated carbocycles. The molecule has 0 unspecified atom stereocenters. The fourth-order valence-corrected chi connectivity index (χ4v) is 7.05. The van der Waals surface area contributed by atoms with Gasteiger partial charge in [0.05, 0.1) is 25.8 Å². The quantitative estimate of drug-likeness (QED) is 0.264. The summed E-state index contributed by atoms with van der Waals surface area (Å²) in [5, 5.41) is 9.77. The summed E-state index contributed by atoms with van der Waals surface area (Å²) in [4.78, 5) is 18.4. The normalized spacial score (nSPS) is 21.6. The van der Waals surface area contributed by atoms with Crippen LogP contribution in [0, 0.1) is 17.7 Å². The number of aryl methyl sites for hydroxylation is 1. The van der Waals surface area contributed by atoms with Crippen molar-refractivity contribution in [1.29, 1.82) is 0 Å². The Morgan fingerprint density at radius 2 is 1.95 bits per heavy atom. The second-order valence-electron chi connectivity index (χ2n) is 12.3. The Morgan fingerprint density at radius 1 is 1.12 bits per heavy atom. The monoisotopic (exact) mass is 588 g/mol. The highest BCUT2D eigenvalue weighted by Crippen LogP contribution is 2.48. The first-order chi connectivity index (χ1) is 20.9. The van der Waals surface area contributed by atoms with E-state index in [0.717, 1.165) is 78.6 Å². The van der Waals surface area contributed by atoms with Crippen molar-refractivity contribution >= 4 is 5.97 Å². The van der Waals surface area contributed by atoms with Gasteiger partial charge in [0.15, 0.2) is 0 Å². The van der Waals surface area contributed by atoms with Gasteiger partial charge in [-0.25, -0.2) is 9.37 Å². The number of carboxylic acids is 1. The van der Waals surface area contributed by atoms with E-state index in [1.165, 1.54) is 13.3 Å². The molecule has 1 N–H and O–H groups in total. The minimum Gasteiger partial charge on any atom is -0.485 e. The van der Waals surface area contributed by atoms with E-state index in [2.05, 4.69) is 34.1 Å². The van der Waals surface area contributed by atoms with Crippen molar-refractivity contribution in [3.8, 4) is 22.8 Å². The number of hydrogen-bond donors (Lipinski definition) is 1. The van der Waals surface area contributed by atoms with Gasteiger partial charge < -0.3 is 19.3 Å². The summed E-state index contributed by atoms with van der Waals surface area (Å²) in [5.74, 6) is 0.0289. The molecule has 3 heterocycles. The van der Waals surface area contributed by atoms with E-state index in [4.69, 9.17) is 14.2 Å². The van der Waals surface area contributed by atoms with Gasteiger partial charge in [-0.15, -0.1) is 0 Å². The number of aromatic nitrogens is 1. The summed E-state index contributed by atoms with van der Waals surface area (Å²) >= 11 is 0. The number of nitrogens with zero attached hydrogens (tertiary/aromatic N) is 2. The summed E-state index contributed by atoms with van der Waals surface area (Å²) in [5.41, 5.74) is 5.57. The number of benzene rings is 2. The number of ether oxygens (including phenoxy) is 3. The smallest absolute Gasteiger partial charge is 0.306 e. The summed E-state index contributed by atoms with van der Waals surface area (Å²) < 4.78 is 32.6. The molecule has 2 aromatic carbocycles. The van der Waals surface area contributed by atoms with E-state index >= 15 is 4.39 Å². The van der Waals surface area contributed by atoms with Crippen molar-refractivity contribution in [2.75, 3.05) is 27.4 Å². The standard InChI is InChI=1S/C35H41FN2O5/c1-21(35(39)40)34(23-7-8-23)25-9-6-22-11-13-31(43-32(22)16-25)24-10-12-28(29-17-33(42-3)37-18-30(29)36)26(15-24)19-38-14-4-5-27(38)20-41-2/h6,9-10,12,15-18,21,23,27,31,34H,4-5,7-8,11,13-14,19-20H2,1-3H3,(H,39,40)/t21-,27-,31-,34-/m0/s1. The minimum atomic E-state index is -0.755. The van der Waals surface area contributed by atoms with Crippen molar-refractivity contribution in [1.82, 2.24) is 9.88 Å². The third-order valence-electron chi connectivity index (χ3n) is 9.54. The highest BCUT2D eigenvalue weighted by atomic mass is 19.1. The van der Waals surface area contributed by atoms with Crippen LogP contribution in [0.1, 0.15) is 73.3 Å². The highest BCUT2D eigenvalue weighted by molar-refractivity contribution is 5.71. The van der Waals surface area contributed by atoms with Gasteiger partial charge in [-0.2, -0.15) is 0 Å². The van der Waals surface area contributed by atoms with E-state index in [9.17, 15) is 9.90 Å². The van der Waals surface area contributed by atoms with E-state index in [1.54, 1.807) is 13.2 Å². The predicted molar refractivity (Wildman–Crippen MR) is 162 cm³/mol. The summed E-state index contributed by atoms with van der Waals surface area (Å²) in [6.07, 6.45) is 7.09. The third-order valence-corrected chi connectivity index (χ3v) is 9.54. The molecule has 2 aliphatic heterocycles. The highest BCUT2D eigenvalue weighted by Gasteiger charge is 2.39. The van der Waals surface area contributed by atoms with Crippen LogP contribution in [-0.4, -0.2) is 54.4 Å². The van der Waals surface area contributed by atoms with Crippen molar-refractivity contribution in [2.24, 2.45) is 11.8 Å². The van der Waals surface area contributed by atoms with Crippen LogP contribution in [0.3, 0.4) is 0 Å². The molecule has 0 radical (unpaired) electrons. The number of aliphatic carboxylic acids is 1. The molecule has 1 saturated heterocycles. The molecular weight excluding hydrogens is 547 g/mol. The van der Waals surface area contributed by atoms with Gasteiger partial charge in [-0.3, -0.25) is 9.69 Å². The second kappa shape index (κ2) is 12.6. The predicted octanol–water partition coefficient (Wildman–Crippen LogP) is 6.79. The molecule has 3 aliphatic rings. The molecular formula is C35H41FN2O5. The molecule has 0 bridgehead atoms. The zero-order chi connectivity index (χ0) is 30.1. The molecule has 6 rings (SSSR count). The number of fused-ring (bicyclic) bond motifs is 1. The topological polar surface area (TPSA) is 81.1 Å². The zero-order valence-corrected chi connectivity index (χ0v) is 25.2. The number of methoxy groups -OCH3 is 2. The maximum Gasteiger partial charge on any atom is 0.306 e. The van der Waals surface area contributed by atoms with E-state index in [0.29, 0.717) is 36.6 Å². The minimum absolute atomic E-state index is 0.00887. The average Bonchev–Trinajstić information content (AvgIpc) is 3.76. The Bertz CT molecular complexity index is 1470. The van der Waals surface area contributed by atoms with Gasteiger partial charge in [-0.1, -0.05) is 37.3 Å². The van der Waals surface area contributed by atoms with Crippen molar-refractivity contribution in [3.05, 3.63) is 76.7 Å². The van der Waals surface area contributed by atoms with Gasteiger partial charge in [0.2, 0.25) is 5.88 Å². The largest absolute Gasteiger partial charge is 0.485 e. The lowest BCUT2D eigenvalue weighted by molar-refractivity contribution is -0.142. The fraction of sp³-hybridized carbons (Fsp3) is 0.486. The fourth-order valence-electron chi connectivity index (χ4n) is 7.05. The lowest BCUT2D eigenvalue weighted by Crippen LogP contribution is -2.32. The lowest BCUT2D eigenvalue weighted by atomic mass is 9.82. The number of pyridine rings is 1. The Balaban J connectivity index is 1.32. The Morgan fingerprint density at radius 3 is 2.70 bits per heavy atom. The van der Waals surface area contributed by atoms with Gasteiger partial charge >= 0.3 is 5.97 Å². The molecule has 0 spiro atoms. The molecule has 1 aliphatic carbocycles. The number of hydrogen-bond acceptors (Lipinski definition) is 6. The molecule has 43 heavy (non-hydrogen) atoms. The molecule has 3 aromatic rings. The first-order valence-corrected chi connectivity index (χ1v) is 15.4. The molecule has 1 aromatic heterocycles. The van der Waals surface area contributed by atoms with Crippen molar-refractivity contribution in [2.45, 2.75) is 70.1 Å². The summed E-state index contributed by atoms with van der Waals surface area (Å²) in [7, 11) is 3.27. The first-order valence-electron chi connectivity index (χ1n) is 15.4. The molecule has 7 nitrogen and oxygen atoms in total. The van der Waals surface area contributed by atoms with Crippen molar-refractivity contribution in [3.63, 3.8) is 0 Å². The number of rotatable bonds is 11. The van der Waals surface area contributed by atoms with E-state index in [-0.39, 0.29) is 17.8 Å². The third kappa shape index (κ3) is 6.27. The van der Waals surface area contributed by atoms with Crippen LogP contribution in [0.4, 0.5) is 4.39 Å².